The van der Waals surface area contributed by atoms with Crippen molar-refractivity contribution in [2.24, 2.45) is 0 Å². The Morgan fingerprint density at radius 2 is 0.556 bits per heavy atom. The highest BCUT2D eigenvalue weighted by atomic mass is 15.3. The van der Waals surface area contributed by atoms with Crippen LogP contribution in [0.4, 0.5) is 0 Å². The molecule has 3 heterocycles. The monoisotopic (exact) mass is 687 g/mol. The Balaban J connectivity index is 1.24. The molecule has 0 bridgehead atoms. The van der Waals surface area contributed by atoms with E-state index in [1.165, 1.54) is 21.5 Å². The number of fused-ring (bicyclic) bond motifs is 10. The van der Waals surface area contributed by atoms with Crippen LogP contribution >= 0.6 is 0 Å². The number of hydrogen-bond donors (Lipinski definition) is 0. The number of aromatic nitrogens is 5. The van der Waals surface area contributed by atoms with E-state index >= 15 is 0 Å². The molecular formula is C49H29N5. The lowest BCUT2D eigenvalue weighted by atomic mass is 10.0. The maximum absolute atomic E-state index is 5.47. The molecule has 54 heavy (non-hydrogen) atoms. The van der Waals surface area contributed by atoms with Gasteiger partial charge in [0.15, 0.2) is 5.82 Å². The topological polar surface area (TPSA) is 48.5 Å². The molecule has 0 saturated heterocycles. The normalized spacial score (nSPS) is 12.1. The molecule has 0 fully saturated rings. The minimum Gasteiger partial charge on any atom is -0.278 e. The summed E-state index contributed by atoms with van der Waals surface area (Å²) in [6.45, 7) is 0. The molecule has 12 rings (SSSR count). The van der Waals surface area contributed by atoms with Crippen LogP contribution in [0.5, 0.6) is 0 Å². The maximum atomic E-state index is 5.47. The van der Waals surface area contributed by atoms with Gasteiger partial charge in [-0.15, -0.1) is 0 Å². The number of benzene rings is 9. The zero-order valence-corrected chi connectivity index (χ0v) is 29.0. The van der Waals surface area contributed by atoms with Crippen LogP contribution in [-0.4, -0.2) is 24.1 Å². The third-order valence-corrected chi connectivity index (χ3v) is 11.0. The molecule has 0 amide bonds. The van der Waals surface area contributed by atoms with Crippen molar-refractivity contribution >= 4 is 86.7 Å². The van der Waals surface area contributed by atoms with E-state index in [1.807, 2.05) is 18.2 Å². The fourth-order valence-corrected chi connectivity index (χ4v) is 8.48. The van der Waals surface area contributed by atoms with Crippen molar-refractivity contribution in [2.75, 3.05) is 0 Å². The first-order chi connectivity index (χ1) is 26.7. The molecule has 250 valence electrons. The molecule has 9 aromatic carbocycles. The van der Waals surface area contributed by atoms with E-state index in [0.29, 0.717) is 17.7 Å². The molecule has 0 unspecified atom stereocenters. The summed E-state index contributed by atoms with van der Waals surface area (Å²) in [7, 11) is 0. The van der Waals surface area contributed by atoms with Crippen LogP contribution < -0.4 is 0 Å². The summed E-state index contributed by atoms with van der Waals surface area (Å²) < 4.78 is 4.47. The van der Waals surface area contributed by atoms with E-state index in [0.717, 1.165) is 70.7 Å². The van der Waals surface area contributed by atoms with E-state index in [2.05, 4.69) is 167 Å². The predicted molar refractivity (Wildman–Crippen MR) is 224 cm³/mol. The van der Waals surface area contributed by atoms with E-state index in [1.54, 1.807) is 0 Å². The van der Waals surface area contributed by atoms with E-state index < -0.39 is 0 Å². The summed E-state index contributed by atoms with van der Waals surface area (Å²) in [5.41, 5.74) is 5.13. The fraction of sp³-hybridized carbons (Fsp3) is 0. The summed E-state index contributed by atoms with van der Waals surface area (Å²) >= 11 is 0. The van der Waals surface area contributed by atoms with Crippen LogP contribution in [-0.2, 0) is 0 Å². The van der Waals surface area contributed by atoms with Gasteiger partial charge in [-0.25, -0.2) is 0 Å². The third-order valence-electron chi connectivity index (χ3n) is 11.0. The highest BCUT2D eigenvalue weighted by Crippen LogP contribution is 2.39. The second-order valence-electron chi connectivity index (χ2n) is 14.2. The smallest absolute Gasteiger partial charge is 0.240 e. The number of rotatable bonds is 3. The lowest BCUT2D eigenvalue weighted by molar-refractivity contribution is 0.893. The molecule has 0 radical (unpaired) electrons. The molecule has 0 aliphatic carbocycles. The van der Waals surface area contributed by atoms with Gasteiger partial charge in [0, 0.05) is 27.1 Å². The van der Waals surface area contributed by atoms with Crippen molar-refractivity contribution in [2.45, 2.75) is 0 Å². The lowest BCUT2D eigenvalue weighted by Gasteiger charge is -2.13. The molecule has 0 aliphatic heterocycles. The SMILES string of the molecule is c1ccc(-c2nc(-n3c4cc5ccccc5cc4c4cc5ccccc5cc43)nc(-n3c4cc5ccccc5cc4c4cc5ccccc5cc43)n2)cc1. The highest BCUT2D eigenvalue weighted by Gasteiger charge is 2.22. The van der Waals surface area contributed by atoms with E-state index in [4.69, 9.17) is 15.0 Å². The molecule has 12 aromatic rings. The van der Waals surface area contributed by atoms with Crippen molar-refractivity contribution in [3.8, 4) is 23.3 Å². The van der Waals surface area contributed by atoms with Crippen LogP contribution in [0.25, 0.3) is 110 Å². The summed E-state index contributed by atoms with van der Waals surface area (Å²) in [4.78, 5) is 16.1. The Labute approximate surface area is 309 Å². The zero-order valence-electron chi connectivity index (χ0n) is 29.0. The van der Waals surface area contributed by atoms with E-state index in [-0.39, 0.29) is 0 Å². The zero-order chi connectivity index (χ0) is 35.3. The average molecular weight is 688 g/mol. The van der Waals surface area contributed by atoms with Crippen LogP contribution in [0.15, 0.2) is 176 Å². The summed E-state index contributed by atoms with van der Waals surface area (Å²) in [5.74, 6) is 1.76. The first-order valence-electron chi connectivity index (χ1n) is 18.3. The minimum absolute atomic E-state index is 0.570. The largest absolute Gasteiger partial charge is 0.278 e. The Morgan fingerprint density at radius 1 is 0.278 bits per heavy atom. The van der Waals surface area contributed by atoms with Gasteiger partial charge in [0.05, 0.1) is 22.1 Å². The Bertz CT molecular complexity index is 3110. The molecule has 0 N–H and O–H groups in total. The van der Waals surface area contributed by atoms with Crippen molar-refractivity contribution in [3.63, 3.8) is 0 Å². The van der Waals surface area contributed by atoms with Crippen LogP contribution in [0.1, 0.15) is 0 Å². The highest BCUT2D eigenvalue weighted by molar-refractivity contribution is 6.18. The molecule has 5 nitrogen and oxygen atoms in total. The first kappa shape index (κ1) is 29.2. The van der Waals surface area contributed by atoms with Crippen molar-refractivity contribution < 1.29 is 0 Å². The number of hydrogen-bond acceptors (Lipinski definition) is 3. The van der Waals surface area contributed by atoms with Crippen molar-refractivity contribution in [1.82, 2.24) is 24.1 Å². The molecule has 0 aliphatic rings. The Morgan fingerprint density at radius 3 is 0.870 bits per heavy atom. The molecule has 3 aromatic heterocycles. The fourth-order valence-electron chi connectivity index (χ4n) is 8.48. The Kier molecular flexibility index (Phi) is 5.99. The van der Waals surface area contributed by atoms with Gasteiger partial charge in [-0.05, 0) is 91.6 Å². The summed E-state index contributed by atoms with van der Waals surface area (Å²) in [5, 5.41) is 14.1. The maximum Gasteiger partial charge on any atom is 0.240 e. The van der Waals surface area contributed by atoms with Crippen molar-refractivity contribution in [1.29, 1.82) is 0 Å². The molecule has 0 saturated carbocycles. The van der Waals surface area contributed by atoms with Gasteiger partial charge in [0.1, 0.15) is 0 Å². The van der Waals surface area contributed by atoms with Gasteiger partial charge in [-0.3, -0.25) is 9.13 Å². The van der Waals surface area contributed by atoms with Gasteiger partial charge < -0.3 is 0 Å². The lowest BCUT2D eigenvalue weighted by Crippen LogP contribution is -2.10. The summed E-state index contributed by atoms with van der Waals surface area (Å²) in [6, 6.07) is 62.8. The van der Waals surface area contributed by atoms with Crippen LogP contribution in [0.3, 0.4) is 0 Å². The van der Waals surface area contributed by atoms with Gasteiger partial charge in [0.2, 0.25) is 11.9 Å². The quantitative estimate of drug-likeness (QED) is 0.186. The molecular weight excluding hydrogens is 659 g/mol. The summed E-state index contributed by atoms with van der Waals surface area (Å²) in [6.07, 6.45) is 0. The first-order valence-corrected chi connectivity index (χ1v) is 18.3. The second-order valence-corrected chi connectivity index (χ2v) is 14.2. The molecule has 5 heteroatoms. The minimum atomic E-state index is 0.570. The molecule has 0 spiro atoms. The molecule has 0 atom stereocenters. The van der Waals surface area contributed by atoms with Crippen LogP contribution in [0, 0.1) is 0 Å². The predicted octanol–water partition coefficient (Wildman–Crippen LogP) is 12.3. The van der Waals surface area contributed by atoms with Gasteiger partial charge in [-0.2, -0.15) is 15.0 Å². The third kappa shape index (κ3) is 4.30. The second kappa shape index (κ2) is 11.1. The standard InChI is InChI=1S/C49H29N5/c1-2-12-30(13-3-1)47-50-48(53-43-26-35-18-8-4-14-31(35)22-39(43)40-23-32-15-5-9-19-36(32)27-44(40)53)52-49(51-47)54-45-28-37-20-10-6-16-33(37)24-41(45)42-25-34-17-7-11-21-38(34)29-46(42)54/h1-29H. The van der Waals surface area contributed by atoms with Crippen molar-refractivity contribution in [3.05, 3.63) is 176 Å². The van der Waals surface area contributed by atoms with Gasteiger partial charge in [0.25, 0.3) is 0 Å². The van der Waals surface area contributed by atoms with Crippen LogP contribution in [0.2, 0.25) is 0 Å². The average Bonchev–Trinajstić information content (AvgIpc) is 3.70. The Hall–Kier alpha value is -7.37. The van der Waals surface area contributed by atoms with E-state index in [9.17, 15) is 0 Å². The number of nitrogens with zero attached hydrogens (tertiary/aromatic N) is 5. The van der Waals surface area contributed by atoms with Gasteiger partial charge >= 0.3 is 0 Å². The van der Waals surface area contributed by atoms with Gasteiger partial charge in [-0.1, -0.05) is 127 Å².